The minimum Gasteiger partial charge on any atom is -0.317 e. The Morgan fingerprint density at radius 3 is 2.00 bits per heavy atom. The molecule has 0 amide bonds. The van der Waals surface area contributed by atoms with Gasteiger partial charge in [0.2, 0.25) is 0 Å². The first-order valence-corrected chi connectivity index (χ1v) is 4.57. The predicted molar refractivity (Wildman–Crippen MR) is 48.8 cm³/mol. The van der Waals surface area contributed by atoms with E-state index in [-0.39, 0.29) is 0 Å². The Morgan fingerprint density at radius 1 is 1.09 bits per heavy atom. The monoisotopic (exact) mass is 156 g/mol. The summed E-state index contributed by atoms with van der Waals surface area (Å²) in [7, 11) is 6.44. The molecular formula is C9H20N2. The molecule has 0 aromatic carbocycles. The fraction of sp³-hybridized carbons (Fsp3) is 1.00. The highest BCUT2D eigenvalue weighted by atomic mass is 15.1. The van der Waals surface area contributed by atoms with Crippen molar-refractivity contribution in [3.05, 3.63) is 0 Å². The zero-order chi connectivity index (χ0) is 8.27. The largest absolute Gasteiger partial charge is 0.317 e. The SMILES string of the molecule is CN[C@H]1CC[C@H](N(C)C)CC1. The van der Waals surface area contributed by atoms with Crippen LogP contribution in [-0.2, 0) is 0 Å². The Balaban J connectivity index is 2.24. The smallest absolute Gasteiger partial charge is 0.00903 e. The first kappa shape index (κ1) is 9.01. The first-order chi connectivity index (χ1) is 5.24. The molecule has 1 aliphatic rings. The molecule has 1 saturated carbocycles. The molecule has 0 aromatic heterocycles. The van der Waals surface area contributed by atoms with Crippen LogP contribution in [-0.4, -0.2) is 38.1 Å². The zero-order valence-corrected chi connectivity index (χ0v) is 7.93. The maximum Gasteiger partial charge on any atom is 0.00903 e. The van der Waals surface area contributed by atoms with Crippen LogP contribution in [0, 0.1) is 0 Å². The van der Waals surface area contributed by atoms with Gasteiger partial charge in [-0.3, -0.25) is 0 Å². The molecule has 1 fully saturated rings. The Hall–Kier alpha value is -0.0800. The van der Waals surface area contributed by atoms with Gasteiger partial charge in [-0.15, -0.1) is 0 Å². The van der Waals surface area contributed by atoms with Crippen LogP contribution in [0.3, 0.4) is 0 Å². The van der Waals surface area contributed by atoms with Crippen molar-refractivity contribution in [3.63, 3.8) is 0 Å². The average molecular weight is 156 g/mol. The molecule has 0 radical (unpaired) electrons. The summed E-state index contributed by atoms with van der Waals surface area (Å²) in [6, 6.07) is 1.62. The lowest BCUT2D eigenvalue weighted by molar-refractivity contribution is 0.208. The average Bonchev–Trinajstić information content (AvgIpc) is 2.05. The minimum absolute atomic E-state index is 0.784. The summed E-state index contributed by atoms with van der Waals surface area (Å²) in [5.74, 6) is 0. The summed E-state index contributed by atoms with van der Waals surface area (Å²) in [6.07, 6.45) is 5.41. The summed E-state index contributed by atoms with van der Waals surface area (Å²) in [5.41, 5.74) is 0. The Morgan fingerprint density at radius 2 is 1.64 bits per heavy atom. The van der Waals surface area contributed by atoms with Crippen molar-refractivity contribution in [3.8, 4) is 0 Å². The summed E-state index contributed by atoms with van der Waals surface area (Å²) in [5, 5.41) is 3.34. The van der Waals surface area contributed by atoms with E-state index in [1.807, 2.05) is 0 Å². The van der Waals surface area contributed by atoms with Crippen molar-refractivity contribution in [1.82, 2.24) is 10.2 Å². The fourth-order valence-corrected chi connectivity index (χ4v) is 1.88. The normalized spacial score (nSPS) is 32.7. The fourth-order valence-electron chi connectivity index (χ4n) is 1.88. The van der Waals surface area contributed by atoms with Crippen LogP contribution in [0.25, 0.3) is 0 Å². The van der Waals surface area contributed by atoms with E-state index < -0.39 is 0 Å². The molecule has 0 unspecified atom stereocenters. The molecule has 0 aromatic rings. The van der Waals surface area contributed by atoms with Crippen LogP contribution in [0.4, 0.5) is 0 Å². The maximum atomic E-state index is 3.34. The van der Waals surface area contributed by atoms with Gasteiger partial charge >= 0.3 is 0 Å². The molecule has 0 spiro atoms. The van der Waals surface area contributed by atoms with Crippen LogP contribution in [0.1, 0.15) is 25.7 Å². The molecule has 1 rings (SSSR count). The third kappa shape index (κ3) is 2.46. The van der Waals surface area contributed by atoms with Gasteiger partial charge in [-0.05, 0) is 46.8 Å². The van der Waals surface area contributed by atoms with Gasteiger partial charge in [0.25, 0.3) is 0 Å². The molecule has 2 nitrogen and oxygen atoms in total. The lowest BCUT2D eigenvalue weighted by atomic mass is 9.91. The number of hydrogen-bond acceptors (Lipinski definition) is 2. The summed E-state index contributed by atoms with van der Waals surface area (Å²) >= 11 is 0. The number of hydrogen-bond donors (Lipinski definition) is 1. The topological polar surface area (TPSA) is 15.3 Å². The van der Waals surface area contributed by atoms with E-state index in [0.29, 0.717) is 0 Å². The van der Waals surface area contributed by atoms with E-state index in [9.17, 15) is 0 Å². The van der Waals surface area contributed by atoms with E-state index in [0.717, 1.165) is 12.1 Å². The predicted octanol–water partition coefficient (Wildman–Crippen LogP) is 1.08. The molecule has 1 N–H and O–H groups in total. The van der Waals surface area contributed by atoms with Crippen molar-refractivity contribution in [2.24, 2.45) is 0 Å². The highest BCUT2D eigenvalue weighted by Crippen LogP contribution is 2.20. The van der Waals surface area contributed by atoms with Crippen molar-refractivity contribution >= 4 is 0 Å². The third-order valence-electron chi connectivity index (χ3n) is 2.84. The molecule has 0 saturated heterocycles. The molecule has 0 aliphatic heterocycles. The molecule has 0 bridgehead atoms. The summed E-state index contributed by atoms with van der Waals surface area (Å²) < 4.78 is 0. The van der Waals surface area contributed by atoms with Crippen molar-refractivity contribution in [2.45, 2.75) is 37.8 Å². The zero-order valence-electron chi connectivity index (χ0n) is 7.93. The molecule has 2 heteroatoms. The van der Waals surface area contributed by atoms with E-state index in [1.165, 1.54) is 25.7 Å². The molecular weight excluding hydrogens is 136 g/mol. The van der Waals surface area contributed by atoms with Crippen LogP contribution in [0.2, 0.25) is 0 Å². The maximum absolute atomic E-state index is 3.34. The second kappa shape index (κ2) is 4.07. The number of rotatable bonds is 2. The minimum atomic E-state index is 0.784. The summed E-state index contributed by atoms with van der Waals surface area (Å²) in [4.78, 5) is 2.35. The van der Waals surface area contributed by atoms with Gasteiger partial charge in [0.1, 0.15) is 0 Å². The molecule has 0 heterocycles. The van der Waals surface area contributed by atoms with Gasteiger partial charge < -0.3 is 10.2 Å². The molecule has 66 valence electrons. The summed E-state index contributed by atoms with van der Waals surface area (Å²) in [6.45, 7) is 0. The standard InChI is InChI=1S/C9H20N2/c1-10-8-4-6-9(7-5-8)11(2)3/h8-10H,4-7H2,1-3H3/t8-,9-. The van der Waals surface area contributed by atoms with E-state index in [2.05, 4.69) is 31.4 Å². The number of nitrogens with zero attached hydrogens (tertiary/aromatic N) is 1. The second-order valence-electron chi connectivity index (χ2n) is 3.76. The van der Waals surface area contributed by atoms with Gasteiger partial charge in [0.15, 0.2) is 0 Å². The van der Waals surface area contributed by atoms with Gasteiger partial charge in [0, 0.05) is 12.1 Å². The highest BCUT2D eigenvalue weighted by Gasteiger charge is 2.20. The van der Waals surface area contributed by atoms with Crippen molar-refractivity contribution in [2.75, 3.05) is 21.1 Å². The van der Waals surface area contributed by atoms with Gasteiger partial charge in [0.05, 0.1) is 0 Å². The van der Waals surface area contributed by atoms with Crippen LogP contribution >= 0.6 is 0 Å². The highest BCUT2D eigenvalue weighted by molar-refractivity contribution is 4.79. The van der Waals surface area contributed by atoms with Crippen molar-refractivity contribution < 1.29 is 0 Å². The Bertz CT molecular complexity index is 104. The Labute approximate surface area is 70.0 Å². The number of nitrogens with one attached hydrogen (secondary N) is 1. The van der Waals surface area contributed by atoms with Crippen LogP contribution in [0.15, 0.2) is 0 Å². The quantitative estimate of drug-likeness (QED) is 0.643. The van der Waals surface area contributed by atoms with Crippen LogP contribution in [0.5, 0.6) is 0 Å². The van der Waals surface area contributed by atoms with Gasteiger partial charge in [-0.1, -0.05) is 0 Å². The third-order valence-corrected chi connectivity index (χ3v) is 2.84. The van der Waals surface area contributed by atoms with E-state index >= 15 is 0 Å². The molecule has 1 aliphatic carbocycles. The van der Waals surface area contributed by atoms with Crippen molar-refractivity contribution in [1.29, 1.82) is 0 Å². The van der Waals surface area contributed by atoms with Gasteiger partial charge in [-0.2, -0.15) is 0 Å². The van der Waals surface area contributed by atoms with E-state index in [1.54, 1.807) is 0 Å². The van der Waals surface area contributed by atoms with E-state index in [4.69, 9.17) is 0 Å². The first-order valence-electron chi connectivity index (χ1n) is 4.57. The molecule has 0 atom stereocenters. The lowest BCUT2D eigenvalue weighted by Crippen LogP contribution is -2.37. The van der Waals surface area contributed by atoms with Crippen LogP contribution < -0.4 is 5.32 Å². The lowest BCUT2D eigenvalue weighted by Gasteiger charge is -2.32. The van der Waals surface area contributed by atoms with Gasteiger partial charge in [-0.25, -0.2) is 0 Å². The second-order valence-corrected chi connectivity index (χ2v) is 3.76. The Kier molecular flexibility index (Phi) is 3.34. The molecule has 11 heavy (non-hydrogen) atoms.